The number of nitrogens with zero attached hydrogens (tertiary/aromatic N) is 1. The second-order valence-corrected chi connectivity index (χ2v) is 6.21. The zero-order valence-electron chi connectivity index (χ0n) is 13.1. The van der Waals surface area contributed by atoms with Gasteiger partial charge in [0.2, 0.25) is 5.91 Å². The van der Waals surface area contributed by atoms with E-state index in [1.807, 2.05) is 18.3 Å². The molecule has 2 N–H and O–H groups in total. The lowest BCUT2D eigenvalue weighted by Gasteiger charge is -2.24. The Labute approximate surface area is 141 Å². The fraction of sp³-hybridized carbons (Fsp3) is 0.333. The highest BCUT2D eigenvalue weighted by Gasteiger charge is 2.23. The molecule has 1 aromatic carbocycles. The number of carbonyl (C=O) groups excluding carboxylic acids is 1. The molecule has 23 heavy (non-hydrogen) atoms. The highest BCUT2D eigenvalue weighted by Crippen LogP contribution is 2.21. The summed E-state index contributed by atoms with van der Waals surface area (Å²) in [7, 11) is 0. The van der Waals surface area contributed by atoms with Gasteiger partial charge in [0.15, 0.2) is 0 Å². The molecule has 0 aliphatic rings. The topological polar surface area (TPSA) is 62.2 Å². The van der Waals surface area contributed by atoms with Crippen LogP contribution in [0.5, 0.6) is 0 Å². The Morgan fingerprint density at radius 3 is 2.70 bits per heavy atom. The third-order valence-electron chi connectivity index (χ3n) is 3.69. The molecule has 0 bridgehead atoms. The maximum atomic E-state index is 11.9. The first-order valence-corrected chi connectivity index (χ1v) is 7.99. The first-order chi connectivity index (χ1) is 11.0. The van der Waals surface area contributed by atoms with Crippen molar-refractivity contribution in [2.45, 2.75) is 31.8 Å². The van der Waals surface area contributed by atoms with Gasteiger partial charge < -0.3 is 10.4 Å². The number of aliphatic hydroxyl groups is 1. The van der Waals surface area contributed by atoms with Gasteiger partial charge in [0.25, 0.3) is 0 Å². The number of rotatable bonds is 7. The Bertz CT molecular complexity index is 627. The first kappa shape index (κ1) is 17.4. The predicted molar refractivity (Wildman–Crippen MR) is 91.2 cm³/mol. The molecule has 1 unspecified atom stereocenters. The van der Waals surface area contributed by atoms with E-state index in [4.69, 9.17) is 11.6 Å². The van der Waals surface area contributed by atoms with Gasteiger partial charge in [-0.2, -0.15) is 0 Å². The van der Waals surface area contributed by atoms with E-state index >= 15 is 0 Å². The minimum Gasteiger partial charge on any atom is -0.384 e. The summed E-state index contributed by atoms with van der Waals surface area (Å²) < 4.78 is 0. The molecule has 0 saturated heterocycles. The van der Waals surface area contributed by atoms with Crippen molar-refractivity contribution in [2.75, 3.05) is 6.54 Å². The third kappa shape index (κ3) is 5.66. The molecule has 2 rings (SSSR count). The van der Waals surface area contributed by atoms with Crippen molar-refractivity contribution < 1.29 is 9.90 Å². The van der Waals surface area contributed by atoms with Gasteiger partial charge in [0.05, 0.1) is 6.54 Å². The van der Waals surface area contributed by atoms with Crippen LogP contribution in [0.2, 0.25) is 5.02 Å². The third-order valence-corrected chi connectivity index (χ3v) is 3.94. The van der Waals surface area contributed by atoms with Crippen LogP contribution in [0.4, 0.5) is 0 Å². The molecular weight excluding hydrogens is 312 g/mol. The van der Waals surface area contributed by atoms with Gasteiger partial charge in [-0.25, -0.2) is 0 Å². The van der Waals surface area contributed by atoms with E-state index in [-0.39, 0.29) is 12.5 Å². The van der Waals surface area contributed by atoms with Gasteiger partial charge in [-0.05, 0) is 49.1 Å². The molecule has 5 heteroatoms. The standard InChI is InChI=1S/C18H21ClN2O2/c1-18(23,15-7-9-16(19)10-8-15)13-21-17(22)6-2-4-14-5-3-11-20-12-14/h3,5,7-12,23H,2,4,6,13H2,1H3,(H,21,22). The molecule has 0 fully saturated rings. The van der Waals surface area contributed by atoms with Crippen LogP contribution >= 0.6 is 11.6 Å². The van der Waals surface area contributed by atoms with Crippen molar-refractivity contribution in [3.63, 3.8) is 0 Å². The van der Waals surface area contributed by atoms with E-state index in [1.54, 1.807) is 37.4 Å². The monoisotopic (exact) mass is 332 g/mol. The van der Waals surface area contributed by atoms with Gasteiger partial charge in [-0.1, -0.05) is 29.8 Å². The Balaban J connectivity index is 1.76. The molecular formula is C18H21ClN2O2. The maximum Gasteiger partial charge on any atom is 0.220 e. The quantitative estimate of drug-likeness (QED) is 0.819. The second kappa shape index (κ2) is 8.09. The Morgan fingerprint density at radius 2 is 2.04 bits per heavy atom. The van der Waals surface area contributed by atoms with Crippen LogP contribution in [0, 0.1) is 0 Å². The number of hydrogen-bond donors (Lipinski definition) is 2. The lowest BCUT2D eigenvalue weighted by molar-refractivity contribution is -0.122. The minimum atomic E-state index is -1.12. The zero-order chi connectivity index (χ0) is 16.7. The maximum absolute atomic E-state index is 11.9. The summed E-state index contributed by atoms with van der Waals surface area (Å²) in [4.78, 5) is 16.0. The number of nitrogens with one attached hydrogen (secondary N) is 1. The van der Waals surface area contributed by atoms with Crippen molar-refractivity contribution in [2.24, 2.45) is 0 Å². The normalized spacial score (nSPS) is 13.3. The Kier molecular flexibility index (Phi) is 6.13. The summed E-state index contributed by atoms with van der Waals surface area (Å²) >= 11 is 5.84. The zero-order valence-corrected chi connectivity index (χ0v) is 13.9. The van der Waals surface area contributed by atoms with E-state index in [0.717, 1.165) is 24.0 Å². The van der Waals surface area contributed by atoms with Crippen LogP contribution in [-0.4, -0.2) is 22.5 Å². The molecule has 0 radical (unpaired) electrons. The highest BCUT2D eigenvalue weighted by molar-refractivity contribution is 6.30. The largest absolute Gasteiger partial charge is 0.384 e. The molecule has 1 aromatic heterocycles. The van der Waals surface area contributed by atoms with Crippen LogP contribution in [0.1, 0.15) is 30.9 Å². The van der Waals surface area contributed by atoms with E-state index in [9.17, 15) is 9.90 Å². The SMILES string of the molecule is CC(O)(CNC(=O)CCCc1cccnc1)c1ccc(Cl)cc1. The van der Waals surface area contributed by atoms with Gasteiger partial charge in [0, 0.05) is 23.8 Å². The molecule has 0 aliphatic heterocycles. The van der Waals surface area contributed by atoms with Crippen molar-refractivity contribution in [3.8, 4) is 0 Å². The smallest absolute Gasteiger partial charge is 0.220 e. The van der Waals surface area contributed by atoms with E-state index in [1.165, 1.54) is 0 Å². The van der Waals surface area contributed by atoms with Crippen molar-refractivity contribution >= 4 is 17.5 Å². The number of benzene rings is 1. The molecule has 1 amide bonds. The molecule has 2 aromatic rings. The summed E-state index contributed by atoms with van der Waals surface area (Å²) in [5, 5.41) is 13.9. The molecule has 1 atom stereocenters. The number of hydrogen-bond acceptors (Lipinski definition) is 3. The van der Waals surface area contributed by atoms with E-state index in [2.05, 4.69) is 10.3 Å². The number of aryl methyl sites for hydroxylation is 1. The van der Waals surface area contributed by atoms with Gasteiger partial charge in [-0.15, -0.1) is 0 Å². The van der Waals surface area contributed by atoms with Crippen molar-refractivity contribution in [1.82, 2.24) is 10.3 Å². The van der Waals surface area contributed by atoms with Crippen LogP contribution in [-0.2, 0) is 16.8 Å². The molecule has 122 valence electrons. The lowest BCUT2D eigenvalue weighted by Crippen LogP contribution is -2.38. The second-order valence-electron chi connectivity index (χ2n) is 5.77. The van der Waals surface area contributed by atoms with Gasteiger partial charge in [-0.3, -0.25) is 9.78 Å². The lowest BCUT2D eigenvalue weighted by atomic mass is 9.96. The van der Waals surface area contributed by atoms with Crippen LogP contribution < -0.4 is 5.32 Å². The van der Waals surface area contributed by atoms with Crippen LogP contribution in [0.3, 0.4) is 0 Å². The summed E-state index contributed by atoms with van der Waals surface area (Å²) in [5.41, 5.74) is 0.717. The van der Waals surface area contributed by atoms with Gasteiger partial charge in [0.1, 0.15) is 5.60 Å². The summed E-state index contributed by atoms with van der Waals surface area (Å²) in [6.07, 6.45) is 5.53. The summed E-state index contributed by atoms with van der Waals surface area (Å²) in [5.74, 6) is -0.0665. The van der Waals surface area contributed by atoms with Crippen LogP contribution in [0.25, 0.3) is 0 Å². The number of amides is 1. The average Bonchev–Trinajstić information content (AvgIpc) is 2.54. The molecule has 0 spiro atoms. The summed E-state index contributed by atoms with van der Waals surface area (Å²) in [6, 6.07) is 10.9. The fourth-order valence-electron chi connectivity index (χ4n) is 2.27. The molecule has 4 nitrogen and oxygen atoms in total. The summed E-state index contributed by atoms with van der Waals surface area (Å²) in [6.45, 7) is 1.84. The number of aromatic nitrogens is 1. The highest BCUT2D eigenvalue weighted by atomic mass is 35.5. The van der Waals surface area contributed by atoms with Gasteiger partial charge >= 0.3 is 0 Å². The van der Waals surface area contributed by atoms with Crippen LogP contribution in [0.15, 0.2) is 48.8 Å². The first-order valence-electron chi connectivity index (χ1n) is 7.61. The predicted octanol–water partition coefficient (Wildman–Crippen LogP) is 3.08. The number of pyridine rings is 1. The number of halogens is 1. The average molecular weight is 333 g/mol. The molecule has 0 saturated carbocycles. The van der Waals surface area contributed by atoms with Crippen molar-refractivity contribution in [3.05, 3.63) is 64.9 Å². The van der Waals surface area contributed by atoms with E-state index < -0.39 is 5.60 Å². The fourth-order valence-corrected chi connectivity index (χ4v) is 2.40. The Hall–Kier alpha value is -1.91. The molecule has 1 heterocycles. The van der Waals surface area contributed by atoms with Crippen molar-refractivity contribution in [1.29, 1.82) is 0 Å². The molecule has 0 aliphatic carbocycles. The Morgan fingerprint density at radius 1 is 1.30 bits per heavy atom. The minimum absolute atomic E-state index is 0.0665. The number of carbonyl (C=O) groups is 1. The van der Waals surface area contributed by atoms with E-state index in [0.29, 0.717) is 11.4 Å².